The molecule has 0 bridgehead atoms. The summed E-state index contributed by atoms with van der Waals surface area (Å²) in [5.74, 6) is -1.23. The number of ether oxygens (including phenoxy) is 3. The van der Waals surface area contributed by atoms with Gasteiger partial charge in [0.15, 0.2) is 6.10 Å². The summed E-state index contributed by atoms with van der Waals surface area (Å²) >= 11 is 6.17. The summed E-state index contributed by atoms with van der Waals surface area (Å²) in [6.07, 6.45) is 0.515. The maximum atomic E-state index is 12.5. The van der Waals surface area contributed by atoms with Crippen LogP contribution in [0.5, 0.6) is 11.5 Å². The van der Waals surface area contributed by atoms with E-state index < -0.39 is 23.9 Å². The van der Waals surface area contributed by atoms with E-state index in [0.29, 0.717) is 22.2 Å². The third kappa shape index (κ3) is 4.75. The van der Waals surface area contributed by atoms with Crippen LogP contribution in [0.25, 0.3) is 0 Å². The first-order valence-electron chi connectivity index (χ1n) is 8.63. The van der Waals surface area contributed by atoms with Crippen LogP contribution in [0.3, 0.4) is 0 Å². The zero-order valence-electron chi connectivity index (χ0n) is 16.0. The number of hydrogen-bond acceptors (Lipinski definition) is 6. The third-order valence-electron chi connectivity index (χ3n) is 4.29. The molecule has 1 aromatic rings. The van der Waals surface area contributed by atoms with Crippen molar-refractivity contribution in [3.63, 3.8) is 0 Å². The quantitative estimate of drug-likeness (QED) is 0.520. The number of carbonyl (C=O) groups excluding carboxylic acids is 3. The van der Waals surface area contributed by atoms with Crippen molar-refractivity contribution in [3.8, 4) is 11.5 Å². The van der Waals surface area contributed by atoms with E-state index in [1.165, 1.54) is 32.1 Å². The molecule has 152 valence electrons. The van der Waals surface area contributed by atoms with Gasteiger partial charge in [-0.1, -0.05) is 17.7 Å². The lowest BCUT2D eigenvalue weighted by atomic mass is 10.1. The molecule has 1 saturated heterocycles. The molecule has 1 aromatic carbocycles. The van der Waals surface area contributed by atoms with Crippen LogP contribution in [0.4, 0.5) is 5.69 Å². The van der Waals surface area contributed by atoms with Gasteiger partial charge in [-0.25, -0.2) is 0 Å². The van der Waals surface area contributed by atoms with Gasteiger partial charge < -0.3 is 24.4 Å². The zero-order valence-corrected chi connectivity index (χ0v) is 16.7. The molecule has 2 atom stereocenters. The van der Waals surface area contributed by atoms with Crippen LogP contribution in [-0.2, 0) is 19.1 Å². The summed E-state index contributed by atoms with van der Waals surface area (Å²) in [7, 11) is 2.93. The highest BCUT2D eigenvalue weighted by atomic mass is 35.5. The van der Waals surface area contributed by atoms with Gasteiger partial charge in [0.2, 0.25) is 5.91 Å². The Hall–Kier alpha value is -2.74. The lowest BCUT2D eigenvalue weighted by Crippen LogP contribution is -2.37. The molecular weight excluding hydrogens is 388 g/mol. The molecule has 0 radical (unpaired) electrons. The standard InChI is InChI=1S/C19H23ClN2O6/c1-5-6-21-18(24)11(2)28-19(25)12-7-17(23)22(10-12)14-8-13(20)15(26-3)9-16(14)27-4/h5,8-9,11-12H,1,6-7,10H2,2-4H3,(H,21,24)/t11-,12+/m0/s1. The smallest absolute Gasteiger partial charge is 0.312 e. The summed E-state index contributed by atoms with van der Waals surface area (Å²) in [4.78, 5) is 38.1. The van der Waals surface area contributed by atoms with Crippen LogP contribution in [0.15, 0.2) is 24.8 Å². The van der Waals surface area contributed by atoms with Crippen molar-refractivity contribution < 1.29 is 28.6 Å². The fourth-order valence-corrected chi connectivity index (χ4v) is 3.03. The molecule has 1 fully saturated rings. The van der Waals surface area contributed by atoms with Gasteiger partial charge in [0.25, 0.3) is 5.91 Å². The first-order chi connectivity index (χ1) is 13.3. The van der Waals surface area contributed by atoms with E-state index in [2.05, 4.69) is 11.9 Å². The Morgan fingerprint density at radius 2 is 2.04 bits per heavy atom. The Morgan fingerprint density at radius 3 is 2.64 bits per heavy atom. The van der Waals surface area contributed by atoms with Crippen LogP contribution >= 0.6 is 11.6 Å². The Morgan fingerprint density at radius 1 is 1.36 bits per heavy atom. The molecule has 1 heterocycles. The van der Waals surface area contributed by atoms with Crippen molar-refractivity contribution in [2.24, 2.45) is 5.92 Å². The second-order valence-electron chi connectivity index (χ2n) is 6.18. The van der Waals surface area contributed by atoms with Gasteiger partial charge in [0.05, 0.1) is 30.8 Å². The molecule has 0 spiro atoms. The number of benzene rings is 1. The van der Waals surface area contributed by atoms with E-state index in [9.17, 15) is 14.4 Å². The molecule has 1 N–H and O–H groups in total. The highest BCUT2D eigenvalue weighted by Crippen LogP contribution is 2.40. The first kappa shape index (κ1) is 21.6. The molecule has 8 nitrogen and oxygen atoms in total. The average molecular weight is 411 g/mol. The molecule has 0 aliphatic carbocycles. The SMILES string of the molecule is C=CCNC(=O)[C@H](C)OC(=O)[C@@H]1CC(=O)N(c2cc(Cl)c(OC)cc2OC)C1. The van der Waals surface area contributed by atoms with Gasteiger partial charge in [0.1, 0.15) is 11.5 Å². The van der Waals surface area contributed by atoms with Crippen molar-refractivity contribution in [1.29, 1.82) is 0 Å². The van der Waals surface area contributed by atoms with Gasteiger partial charge in [-0.3, -0.25) is 14.4 Å². The maximum absolute atomic E-state index is 12.5. The predicted molar refractivity (Wildman–Crippen MR) is 104 cm³/mol. The summed E-state index contributed by atoms with van der Waals surface area (Å²) < 4.78 is 15.7. The van der Waals surface area contributed by atoms with Gasteiger partial charge in [-0.15, -0.1) is 6.58 Å². The number of esters is 1. The number of nitrogens with one attached hydrogen (secondary N) is 1. The Labute approximate surface area is 168 Å². The molecule has 0 saturated carbocycles. The van der Waals surface area contributed by atoms with Crippen LogP contribution in [0.1, 0.15) is 13.3 Å². The molecule has 1 aliphatic rings. The van der Waals surface area contributed by atoms with Crippen LogP contribution in [0, 0.1) is 5.92 Å². The van der Waals surface area contributed by atoms with Crippen LogP contribution in [-0.4, -0.2) is 51.2 Å². The number of methoxy groups -OCH3 is 2. The van der Waals surface area contributed by atoms with E-state index in [1.54, 1.807) is 12.1 Å². The van der Waals surface area contributed by atoms with Gasteiger partial charge in [-0.05, 0) is 13.0 Å². The fourth-order valence-electron chi connectivity index (χ4n) is 2.79. The average Bonchev–Trinajstić information content (AvgIpc) is 3.07. The van der Waals surface area contributed by atoms with Crippen molar-refractivity contribution in [1.82, 2.24) is 5.32 Å². The molecule has 2 rings (SSSR count). The molecular formula is C19H23ClN2O6. The Balaban J connectivity index is 2.11. The topological polar surface area (TPSA) is 94.2 Å². The van der Waals surface area contributed by atoms with Crippen molar-refractivity contribution in [3.05, 3.63) is 29.8 Å². The van der Waals surface area contributed by atoms with E-state index >= 15 is 0 Å². The molecule has 0 unspecified atom stereocenters. The highest BCUT2D eigenvalue weighted by molar-refractivity contribution is 6.32. The van der Waals surface area contributed by atoms with Crippen molar-refractivity contribution in [2.75, 3.05) is 32.2 Å². The predicted octanol–water partition coefficient (Wildman–Crippen LogP) is 1.94. The molecule has 28 heavy (non-hydrogen) atoms. The van der Waals surface area contributed by atoms with E-state index in [1.807, 2.05) is 0 Å². The third-order valence-corrected chi connectivity index (χ3v) is 4.58. The zero-order chi connectivity index (χ0) is 20.8. The van der Waals surface area contributed by atoms with Crippen LogP contribution in [0.2, 0.25) is 5.02 Å². The number of anilines is 1. The second-order valence-corrected chi connectivity index (χ2v) is 6.58. The molecule has 9 heteroatoms. The number of hydrogen-bond donors (Lipinski definition) is 1. The lowest BCUT2D eigenvalue weighted by molar-refractivity contribution is -0.158. The van der Waals surface area contributed by atoms with Crippen molar-refractivity contribution in [2.45, 2.75) is 19.4 Å². The number of nitrogens with zero attached hydrogens (tertiary/aromatic N) is 1. The van der Waals surface area contributed by atoms with E-state index in [-0.39, 0.29) is 25.4 Å². The lowest BCUT2D eigenvalue weighted by Gasteiger charge is -2.21. The number of amides is 2. The number of rotatable bonds is 8. The summed E-state index contributed by atoms with van der Waals surface area (Å²) in [6.45, 7) is 5.34. The molecule has 2 amide bonds. The summed E-state index contributed by atoms with van der Waals surface area (Å²) in [6, 6.07) is 3.12. The maximum Gasteiger partial charge on any atom is 0.312 e. The monoisotopic (exact) mass is 410 g/mol. The summed E-state index contributed by atoms with van der Waals surface area (Å²) in [5, 5.41) is 2.86. The molecule has 0 aromatic heterocycles. The largest absolute Gasteiger partial charge is 0.495 e. The summed E-state index contributed by atoms with van der Waals surface area (Å²) in [5.41, 5.74) is 0.436. The van der Waals surface area contributed by atoms with Gasteiger partial charge in [0, 0.05) is 25.6 Å². The van der Waals surface area contributed by atoms with Gasteiger partial charge >= 0.3 is 5.97 Å². The fraction of sp³-hybridized carbons (Fsp3) is 0.421. The minimum atomic E-state index is -0.971. The Bertz CT molecular complexity index is 782. The van der Waals surface area contributed by atoms with E-state index in [4.69, 9.17) is 25.8 Å². The number of halogens is 1. The minimum Gasteiger partial charge on any atom is -0.495 e. The Kier molecular flexibility index (Phi) is 7.28. The second kappa shape index (κ2) is 9.45. The highest BCUT2D eigenvalue weighted by Gasteiger charge is 2.38. The van der Waals surface area contributed by atoms with Gasteiger partial charge in [-0.2, -0.15) is 0 Å². The number of carbonyl (C=O) groups is 3. The van der Waals surface area contributed by atoms with E-state index in [0.717, 1.165) is 0 Å². The molecule has 1 aliphatic heterocycles. The van der Waals surface area contributed by atoms with Crippen LogP contribution < -0.4 is 19.7 Å². The minimum absolute atomic E-state index is 0.0351. The van der Waals surface area contributed by atoms with Crippen molar-refractivity contribution >= 4 is 35.1 Å². The normalized spacial score (nSPS) is 17.1. The first-order valence-corrected chi connectivity index (χ1v) is 9.01.